The maximum absolute atomic E-state index is 13.1. The molecule has 0 aliphatic heterocycles. The fourth-order valence-corrected chi connectivity index (χ4v) is 4.01. The molecule has 4 aromatic rings. The third kappa shape index (κ3) is 3.27. The van der Waals surface area contributed by atoms with Crippen molar-refractivity contribution < 1.29 is 13.2 Å². The molecule has 0 fully saturated rings. The molecule has 140 valence electrons. The van der Waals surface area contributed by atoms with E-state index in [9.17, 15) is 13.2 Å². The molecule has 0 aliphatic carbocycles. The SMILES string of the molecule is Cc1ccc(S(=O)(=O)Nc2ccccc2C(=O)n2cnc3ccccc32)cc1. The molecule has 0 unspecified atom stereocenters. The van der Waals surface area contributed by atoms with E-state index in [-0.39, 0.29) is 22.1 Å². The number of hydrogen-bond acceptors (Lipinski definition) is 4. The number of imidazole rings is 1. The van der Waals surface area contributed by atoms with Crippen LogP contribution in [0.4, 0.5) is 5.69 Å². The van der Waals surface area contributed by atoms with Crippen LogP contribution in [0.3, 0.4) is 0 Å². The Labute approximate surface area is 162 Å². The van der Waals surface area contributed by atoms with Crippen LogP contribution < -0.4 is 4.72 Å². The fourth-order valence-electron chi connectivity index (χ4n) is 2.93. The third-order valence-electron chi connectivity index (χ3n) is 4.41. The van der Waals surface area contributed by atoms with Gasteiger partial charge in [-0.15, -0.1) is 0 Å². The van der Waals surface area contributed by atoms with E-state index in [1.807, 2.05) is 25.1 Å². The minimum atomic E-state index is -3.82. The van der Waals surface area contributed by atoms with Gasteiger partial charge in [0.25, 0.3) is 15.9 Å². The zero-order valence-corrected chi connectivity index (χ0v) is 15.8. The van der Waals surface area contributed by atoms with Crippen molar-refractivity contribution in [3.05, 3.63) is 90.3 Å². The average molecular weight is 391 g/mol. The van der Waals surface area contributed by atoms with Gasteiger partial charge in [-0.3, -0.25) is 14.1 Å². The highest BCUT2D eigenvalue weighted by atomic mass is 32.2. The second-order valence-corrected chi connectivity index (χ2v) is 8.05. The molecule has 4 rings (SSSR count). The monoisotopic (exact) mass is 391 g/mol. The van der Waals surface area contributed by atoms with Gasteiger partial charge in [0.15, 0.2) is 0 Å². The number of benzene rings is 3. The summed E-state index contributed by atoms with van der Waals surface area (Å²) in [7, 11) is -3.82. The zero-order chi connectivity index (χ0) is 19.7. The van der Waals surface area contributed by atoms with Gasteiger partial charge in [0.05, 0.1) is 27.2 Å². The predicted molar refractivity (Wildman–Crippen MR) is 108 cm³/mol. The molecule has 7 heteroatoms. The van der Waals surface area contributed by atoms with Crippen molar-refractivity contribution in [3.63, 3.8) is 0 Å². The van der Waals surface area contributed by atoms with Crippen LogP contribution in [0.1, 0.15) is 15.9 Å². The van der Waals surface area contributed by atoms with Gasteiger partial charge in [0.2, 0.25) is 0 Å². The zero-order valence-electron chi connectivity index (χ0n) is 15.0. The Morgan fingerprint density at radius 2 is 1.61 bits per heavy atom. The largest absolute Gasteiger partial charge is 0.279 e. The molecule has 0 radical (unpaired) electrons. The molecule has 0 bridgehead atoms. The van der Waals surface area contributed by atoms with Crippen molar-refractivity contribution in [1.29, 1.82) is 0 Å². The van der Waals surface area contributed by atoms with Crippen molar-refractivity contribution in [3.8, 4) is 0 Å². The summed E-state index contributed by atoms with van der Waals surface area (Å²) in [6.45, 7) is 1.88. The standard InChI is InChI=1S/C21H17N3O3S/c1-15-10-12-16(13-11-15)28(26,27)23-18-7-3-2-6-17(18)21(25)24-14-22-19-8-4-5-9-20(19)24/h2-14,23H,1H3. The smallest absolute Gasteiger partial charge is 0.265 e. The predicted octanol–water partition coefficient (Wildman–Crippen LogP) is 3.83. The first-order chi connectivity index (χ1) is 13.5. The van der Waals surface area contributed by atoms with E-state index >= 15 is 0 Å². The topological polar surface area (TPSA) is 81.1 Å². The summed E-state index contributed by atoms with van der Waals surface area (Å²) < 4.78 is 29.4. The number of para-hydroxylation sites is 3. The number of aryl methyl sites for hydroxylation is 1. The lowest BCUT2D eigenvalue weighted by molar-refractivity contribution is 0.0965. The Balaban J connectivity index is 1.73. The molecule has 3 aromatic carbocycles. The number of carbonyl (C=O) groups excluding carboxylic acids is 1. The molecule has 0 atom stereocenters. The number of rotatable bonds is 4. The maximum atomic E-state index is 13.1. The van der Waals surface area contributed by atoms with E-state index in [4.69, 9.17) is 0 Å². The van der Waals surface area contributed by atoms with Crippen LogP contribution in [0.15, 0.2) is 84.0 Å². The van der Waals surface area contributed by atoms with Crippen LogP contribution >= 0.6 is 0 Å². The van der Waals surface area contributed by atoms with E-state index < -0.39 is 10.0 Å². The number of nitrogens with zero attached hydrogens (tertiary/aromatic N) is 2. The van der Waals surface area contributed by atoms with Crippen molar-refractivity contribution in [2.24, 2.45) is 0 Å². The van der Waals surface area contributed by atoms with Crippen molar-refractivity contribution in [2.75, 3.05) is 4.72 Å². The van der Waals surface area contributed by atoms with Gasteiger partial charge in [-0.05, 0) is 43.3 Å². The Hall–Kier alpha value is -3.45. The highest BCUT2D eigenvalue weighted by Crippen LogP contribution is 2.23. The molecular weight excluding hydrogens is 374 g/mol. The molecule has 1 aromatic heterocycles. The van der Waals surface area contributed by atoms with Crippen LogP contribution in [-0.2, 0) is 10.0 Å². The number of anilines is 1. The fraction of sp³-hybridized carbons (Fsp3) is 0.0476. The van der Waals surface area contributed by atoms with Crippen molar-refractivity contribution in [1.82, 2.24) is 9.55 Å². The molecule has 0 saturated carbocycles. The summed E-state index contributed by atoms with van der Waals surface area (Å²) in [5, 5.41) is 0. The summed E-state index contributed by atoms with van der Waals surface area (Å²) in [5.41, 5.74) is 2.76. The van der Waals surface area contributed by atoms with E-state index in [0.717, 1.165) is 5.56 Å². The first-order valence-electron chi connectivity index (χ1n) is 8.61. The molecule has 0 saturated heterocycles. The van der Waals surface area contributed by atoms with Gasteiger partial charge >= 0.3 is 0 Å². The van der Waals surface area contributed by atoms with E-state index in [1.165, 1.54) is 23.0 Å². The Bertz CT molecular complexity index is 1280. The van der Waals surface area contributed by atoms with Gasteiger partial charge < -0.3 is 0 Å². The Kier molecular flexibility index (Phi) is 4.44. The summed E-state index contributed by atoms with van der Waals surface area (Å²) >= 11 is 0. The van der Waals surface area contributed by atoms with Gasteiger partial charge in [-0.25, -0.2) is 13.4 Å². The van der Waals surface area contributed by atoms with Gasteiger partial charge in [0.1, 0.15) is 6.33 Å². The lowest BCUT2D eigenvalue weighted by atomic mass is 10.1. The quantitative estimate of drug-likeness (QED) is 0.573. The van der Waals surface area contributed by atoms with Crippen LogP contribution in [0.25, 0.3) is 11.0 Å². The minimum Gasteiger partial charge on any atom is -0.279 e. The highest BCUT2D eigenvalue weighted by molar-refractivity contribution is 7.92. The normalized spacial score (nSPS) is 11.5. The molecular formula is C21H17N3O3S. The average Bonchev–Trinajstić information content (AvgIpc) is 3.12. The number of nitrogens with one attached hydrogen (secondary N) is 1. The molecule has 0 amide bonds. The second kappa shape index (κ2) is 6.94. The highest BCUT2D eigenvalue weighted by Gasteiger charge is 2.20. The Morgan fingerprint density at radius 1 is 0.929 bits per heavy atom. The first-order valence-corrected chi connectivity index (χ1v) is 10.1. The third-order valence-corrected chi connectivity index (χ3v) is 5.79. The van der Waals surface area contributed by atoms with Crippen LogP contribution in [0.5, 0.6) is 0 Å². The van der Waals surface area contributed by atoms with Crippen molar-refractivity contribution >= 4 is 32.7 Å². The molecule has 1 N–H and O–H groups in total. The van der Waals surface area contributed by atoms with Gasteiger partial charge in [0, 0.05) is 0 Å². The molecule has 6 nitrogen and oxygen atoms in total. The molecule has 0 spiro atoms. The van der Waals surface area contributed by atoms with Gasteiger partial charge in [-0.1, -0.05) is 42.0 Å². The summed E-state index contributed by atoms with van der Waals surface area (Å²) in [4.78, 5) is 17.5. The number of carbonyl (C=O) groups is 1. The first kappa shape index (κ1) is 17.9. The lowest BCUT2D eigenvalue weighted by Gasteiger charge is -2.12. The summed E-state index contributed by atoms with van der Waals surface area (Å²) in [6.07, 6.45) is 1.44. The van der Waals surface area contributed by atoms with E-state index in [1.54, 1.807) is 42.5 Å². The molecule has 28 heavy (non-hydrogen) atoms. The minimum absolute atomic E-state index is 0.133. The van der Waals surface area contributed by atoms with Crippen LogP contribution in [0, 0.1) is 6.92 Å². The number of aromatic nitrogens is 2. The number of sulfonamides is 1. The molecule has 0 aliphatic rings. The lowest BCUT2D eigenvalue weighted by Crippen LogP contribution is -2.18. The van der Waals surface area contributed by atoms with Crippen molar-refractivity contribution in [2.45, 2.75) is 11.8 Å². The van der Waals surface area contributed by atoms with Gasteiger partial charge in [-0.2, -0.15) is 0 Å². The maximum Gasteiger partial charge on any atom is 0.265 e. The number of fused-ring (bicyclic) bond motifs is 1. The van der Waals surface area contributed by atoms with E-state index in [0.29, 0.717) is 11.0 Å². The van der Waals surface area contributed by atoms with Crippen LogP contribution in [-0.4, -0.2) is 23.9 Å². The second-order valence-electron chi connectivity index (χ2n) is 6.37. The van der Waals surface area contributed by atoms with Crippen LogP contribution in [0.2, 0.25) is 0 Å². The van der Waals surface area contributed by atoms with E-state index in [2.05, 4.69) is 9.71 Å². The summed E-state index contributed by atoms with van der Waals surface area (Å²) in [5.74, 6) is -0.365. The Morgan fingerprint density at radius 3 is 2.39 bits per heavy atom. The number of hydrogen-bond donors (Lipinski definition) is 1. The summed E-state index contributed by atoms with van der Waals surface area (Å²) in [6, 6.07) is 20.3. The molecule has 1 heterocycles.